The normalized spacial score (nSPS) is 10.1. The number of pyridine rings is 1. The fraction of sp³-hybridized carbons (Fsp3) is 0.0769. The van der Waals surface area contributed by atoms with Gasteiger partial charge in [0.2, 0.25) is 5.78 Å². The minimum Gasteiger partial charge on any atom is -0.494 e. The molecule has 0 bridgehead atoms. The lowest BCUT2D eigenvalue weighted by molar-refractivity contribution is 0.103. The molecule has 2 aromatic rings. The molecule has 0 unspecified atom stereocenters. The molecule has 0 saturated heterocycles. The van der Waals surface area contributed by atoms with Crippen molar-refractivity contribution in [1.82, 2.24) is 4.98 Å². The van der Waals surface area contributed by atoms with Gasteiger partial charge in [-0.25, -0.2) is 4.39 Å². The van der Waals surface area contributed by atoms with Crippen molar-refractivity contribution in [2.24, 2.45) is 0 Å². The summed E-state index contributed by atoms with van der Waals surface area (Å²) in [6.45, 7) is 0. The molecule has 0 aliphatic heterocycles. The first-order chi connectivity index (χ1) is 8.63. The molecule has 0 saturated carbocycles. The summed E-state index contributed by atoms with van der Waals surface area (Å²) in [4.78, 5) is 16.0. The number of ketones is 1. The topological polar surface area (TPSA) is 65.2 Å². The minimum absolute atomic E-state index is 0.0838. The zero-order chi connectivity index (χ0) is 13.1. The number of hydrogen-bond donors (Lipinski definition) is 1. The van der Waals surface area contributed by atoms with Crippen molar-refractivity contribution in [3.8, 4) is 5.75 Å². The van der Waals surface area contributed by atoms with Crippen LogP contribution in [-0.2, 0) is 0 Å². The largest absolute Gasteiger partial charge is 0.494 e. The Morgan fingerprint density at radius 1 is 1.39 bits per heavy atom. The number of nitrogens with two attached hydrogens (primary N) is 1. The summed E-state index contributed by atoms with van der Waals surface area (Å²) in [5.41, 5.74) is 6.21. The van der Waals surface area contributed by atoms with E-state index in [-0.39, 0.29) is 22.7 Å². The maximum Gasteiger partial charge on any atom is 0.213 e. The number of rotatable bonds is 3. The van der Waals surface area contributed by atoms with Gasteiger partial charge in [-0.15, -0.1) is 0 Å². The lowest BCUT2D eigenvalue weighted by Gasteiger charge is -2.05. The maximum absolute atomic E-state index is 13.5. The molecule has 0 atom stereocenters. The van der Waals surface area contributed by atoms with Crippen LogP contribution in [0.25, 0.3) is 0 Å². The van der Waals surface area contributed by atoms with Crippen LogP contribution in [0.5, 0.6) is 5.75 Å². The van der Waals surface area contributed by atoms with E-state index in [2.05, 4.69) is 4.98 Å². The number of carbonyl (C=O) groups excluding carboxylic acids is 1. The van der Waals surface area contributed by atoms with Gasteiger partial charge in [-0.2, -0.15) is 0 Å². The fourth-order valence-corrected chi connectivity index (χ4v) is 1.55. The molecule has 2 N–H and O–H groups in total. The van der Waals surface area contributed by atoms with E-state index in [1.54, 1.807) is 12.1 Å². The molecule has 0 amide bonds. The molecule has 1 heterocycles. The van der Waals surface area contributed by atoms with Gasteiger partial charge in [0.25, 0.3) is 0 Å². The van der Waals surface area contributed by atoms with Gasteiger partial charge in [0.05, 0.1) is 12.8 Å². The molecule has 5 heteroatoms. The number of carbonyl (C=O) groups is 1. The van der Waals surface area contributed by atoms with E-state index in [1.165, 1.54) is 25.4 Å². The van der Waals surface area contributed by atoms with Crippen LogP contribution >= 0.6 is 0 Å². The predicted octanol–water partition coefficient (Wildman–Crippen LogP) is 2.04. The number of anilines is 1. The number of ether oxygens (including phenoxy) is 1. The van der Waals surface area contributed by atoms with Gasteiger partial charge < -0.3 is 10.5 Å². The molecule has 1 aromatic carbocycles. The third kappa shape index (κ3) is 2.15. The van der Waals surface area contributed by atoms with Crippen LogP contribution in [0.2, 0.25) is 0 Å². The third-order valence-corrected chi connectivity index (χ3v) is 2.47. The van der Waals surface area contributed by atoms with Crippen LogP contribution < -0.4 is 10.5 Å². The predicted molar refractivity (Wildman–Crippen MR) is 65.0 cm³/mol. The second kappa shape index (κ2) is 4.83. The van der Waals surface area contributed by atoms with Crippen LogP contribution in [0, 0.1) is 5.82 Å². The van der Waals surface area contributed by atoms with Gasteiger partial charge in [-0.05, 0) is 30.3 Å². The van der Waals surface area contributed by atoms with E-state index < -0.39 is 11.6 Å². The highest BCUT2D eigenvalue weighted by Crippen LogP contribution is 2.20. The van der Waals surface area contributed by atoms with E-state index in [4.69, 9.17) is 10.5 Å². The number of nitrogen functional groups attached to an aromatic ring is 1. The first-order valence-electron chi connectivity index (χ1n) is 5.22. The average Bonchev–Trinajstić information content (AvgIpc) is 2.38. The smallest absolute Gasteiger partial charge is 0.213 e. The van der Waals surface area contributed by atoms with E-state index >= 15 is 0 Å². The average molecular weight is 246 g/mol. The first-order valence-corrected chi connectivity index (χ1v) is 5.22. The van der Waals surface area contributed by atoms with Gasteiger partial charge in [-0.1, -0.05) is 0 Å². The van der Waals surface area contributed by atoms with Crippen LogP contribution in [0.3, 0.4) is 0 Å². The molecule has 18 heavy (non-hydrogen) atoms. The van der Waals surface area contributed by atoms with E-state index in [9.17, 15) is 9.18 Å². The van der Waals surface area contributed by atoms with Crippen molar-refractivity contribution in [3.05, 3.63) is 53.6 Å². The number of nitrogens with zero attached hydrogens (tertiary/aromatic N) is 1. The summed E-state index contributed by atoms with van der Waals surface area (Å²) < 4.78 is 18.3. The Kier molecular flexibility index (Phi) is 3.23. The molecule has 0 aliphatic carbocycles. The second-order valence-electron chi connectivity index (χ2n) is 3.62. The van der Waals surface area contributed by atoms with E-state index in [0.717, 1.165) is 6.07 Å². The Hall–Kier alpha value is -2.43. The minimum atomic E-state index is -0.599. The zero-order valence-electron chi connectivity index (χ0n) is 9.68. The summed E-state index contributed by atoms with van der Waals surface area (Å²) in [5.74, 6) is -0.937. The van der Waals surface area contributed by atoms with Gasteiger partial charge >= 0.3 is 0 Å². The monoisotopic (exact) mass is 246 g/mol. The first kappa shape index (κ1) is 12.0. The lowest BCUT2D eigenvalue weighted by Crippen LogP contribution is -2.08. The number of aromatic nitrogens is 1. The SMILES string of the molecule is COc1ccc(C(=O)c2ncccc2N)cc1F. The molecule has 1 aromatic heterocycles. The van der Waals surface area contributed by atoms with Gasteiger partial charge in [-0.3, -0.25) is 9.78 Å². The van der Waals surface area contributed by atoms with Crippen LogP contribution in [0.4, 0.5) is 10.1 Å². The number of benzene rings is 1. The van der Waals surface area contributed by atoms with Crippen LogP contribution in [-0.4, -0.2) is 17.9 Å². The molecule has 0 aliphatic rings. The summed E-state index contributed by atoms with van der Waals surface area (Å²) in [6, 6.07) is 7.16. The third-order valence-electron chi connectivity index (χ3n) is 2.47. The summed E-state index contributed by atoms with van der Waals surface area (Å²) in [5, 5.41) is 0. The summed E-state index contributed by atoms with van der Waals surface area (Å²) in [7, 11) is 1.36. The number of halogens is 1. The van der Waals surface area contributed by atoms with E-state index in [1.807, 2.05) is 0 Å². The zero-order valence-corrected chi connectivity index (χ0v) is 9.68. The summed E-state index contributed by atoms with van der Waals surface area (Å²) >= 11 is 0. The number of methoxy groups -OCH3 is 1. The van der Waals surface area contributed by atoms with E-state index in [0.29, 0.717) is 0 Å². The maximum atomic E-state index is 13.5. The highest BCUT2D eigenvalue weighted by molar-refractivity contribution is 6.10. The van der Waals surface area contributed by atoms with Gasteiger partial charge in [0.15, 0.2) is 11.6 Å². The van der Waals surface area contributed by atoms with Crippen molar-refractivity contribution in [3.63, 3.8) is 0 Å². The molecule has 92 valence electrons. The molecule has 2 rings (SSSR count). The number of hydrogen-bond acceptors (Lipinski definition) is 4. The Labute approximate surface area is 103 Å². The highest BCUT2D eigenvalue weighted by atomic mass is 19.1. The quantitative estimate of drug-likeness (QED) is 0.842. The Morgan fingerprint density at radius 3 is 2.78 bits per heavy atom. The van der Waals surface area contributed by atoms with Crippen molar-refractivity contribution in [2.75, 3.05) is 12.8 Å². The molecule has 4 nitrogen and oxygen atoms in total. The van der Waals surface area contributed by atoms with Crippen LogP contribution in [0.1, 0.15) is 16.1 Å². The van der Waals surface area contributed by atoms with Gasteiger partial charge in [0.1, 0.15) is 5.69 Å². The molecular formula is C13H11FN2O2. The fourth-order valence-electron chi connectivity index (χ4n) is 1.55. The van der Waals surface area contributed by atoms with Gasteiger partial charge in [0, 0.05) is 11.8 Å². The highest BCUT2D eigenvalue weighted by Gasteiger charge is 2.15. The second-order valence-corrected chi connectivity index (χ2v) is 3.62. The molecular weight excluding hydrogens is 235 g/mol. The summed E-state index contributed by atoms with van der Waals surface area (Å²) in [6.07, 6.45) is 1.46. The Balaban J connectivity index is 2.41. The van der Waals surface area contributed by atoms with Crippen LogP contribution in [0.15, 0.2) is 36.5 Å². The van der Waals surface area contributed by atoms with Crippen molar-refractivity contribution in [1.29, 1.82) is 0 Å². The van der Waals surface area contributed by atoms with Crippen molar-refractivity contribution in [2.45, 2.75) is 0 Å². The Bertz CT molecular complexity index is 599. The van der Waals surface area contributed by atoms with Crippen molar-refractivity contribution < 1.29 is 13.9 Å². The van der Waals surface area contributed by atoms with Crippen molar-refractivity contribution >= 4 is 11.5 Å². The lowest BCUT2D eigenvalue weighted by atomic mass is 10.1. The molecule has 0 spiro atoms. The molecule has 0 fully saturated rings. The Morgan fingerprint density at radius 2 is 2.17 bits per heavy atom. The standard InChI is InChI=1S/C13H11FN2O2/c1-18-11-5-4-8(7-9(11)14)13(17)12-10(15)3-2-6-16-12/h2-7H,15H2,1H3. The molecule has 0 radical (unpaired) electrons.